The average molecular weight is 298 g/mol. The van der Waals surface area contributed by atoms with Gasteiger partial charge in [0.25, 0.3) is 0 Å². The summed E-state index contributed by atoms with van der Waals surface area (Å²) in [6, 6.07) is 4.18. The number of carbonyl (C=O) groups is 1. The molecule has 1 aromatic heterocycles. The topological polar surface area (TPSA) is 53.4 Å². The van der Waals surface area contributed by atoms with Gasteiger partial charge < -0.3 is 5.11 Å². The number of benzene rings is 1. The predicted octanol–water partition coefficient (Wildman–Crippen LogP) is 2.86. The van der Waals surface area contributed by atoms with Crippen molar-refractivity contribution < 1.29 is 9.90 Å². The Labute approximate surface area is 130 Å². The first kappa shape index (κ1) is 15.0. The van der Waals surface area contributed by atoms with E-state index in [1.165, 1.54) is 5.56 Å². The van der Waals surface area contributed by atoms with E-state index in [1.54, 1.807) is 0 Å². The Kier molecular flexibility index (Phi) is 3.87. The minimum atomic E-state index is -0.775. The van der Waals surface area contributed by atoms with Gasteiger partial charge in [-0.15, -0.1) is 0 Å². The monoisotopic (exact) mass is 298 g/mol. The van der Waals surface area contributed by atoms with E-state index in [9.17, 15) is 9.90 Å². The summed E-state index contributed by atoms with van der Waals surface area (Å²) in [5, 5.41) is 10.4. The number of aryl methyl sites for hydroxylation is 2. The minimum absolute atomic E-state index is 0.0722. The molecule has 0 atom stereocenters. The number of hydrogen-bond acceptors (Lipinski definition) is 3. The molecular formula is C18H22N2O2. The first-order chi connectivity index (χ1) is 10.5. The van der Waals surface area contributed by atoms with Gasteiger partial charge in [0.2, 0.25) is 0 Å². The predicted molar refractivity (Wildman–Crippen MR) is 87.2 cm³/mol. The summed E-state index contributed by atoms with van der Waals surface area (Å²) >= 11 is 0. The van der Waals surface area contributed by atoms with E-state index in [1.807, 2.05) is 0 Å². The van der Waals surface area contributed by atoms with Crippen molar-refractivity contribution >= 4 is 16.9 Å². The van der Waals surface area contributed by atoms with Gasteiger partial charge in [0.15, 0.2) is 0 Å². The van der Waals surface area contributed by atoms with E-state index in [0.717, 1.165) is 59.3 Å². The van der Waals surface area contributed by atoms with E-state index in [-0.39, 0.29) is 6.42 Å². The molecule has 3 rings (SSSR count). The van der Waals surface area contributed by atoms with Gasteiger partial charge in [-0.3, -0.25) is 14.7 Å². The summed E-state index contributed by atoms with van der Waals surface area (Å²) in [5.41, 5.74) is 6.41. The summed E-state index contributed by atoms with van der Waals surface area (Å²) in [6.07, 6.45) is 0.974. The SMILES string of the molecule is CCN1CCc2nc3cc(C)cc(C)c3c(CC(=O)O)c2C1. The highest BCUT2D eigenvalue weighted by Crippen LogP contribution is 2.31. The van der Waals surface area contributed by atoms with Gasteiger partial charge in [-0.05, 0) is 48.7 Å². The van der Waals surface area contributed by atoms with Crippen LogP contribution in [-0.2, 0) is 24.2 Å². The number of hydrogen-bond donors (Lipinski definition) is 1. The molecule has 4 heteroatoms. The van der Waals surface area contributed by atoms with Gasteiger partial charge >= 0.3 is 5.97 Å². The standard InChI is InChI=1S/C18H22N2O2/c1-4-20-6-5-15-14(10-20)13(9-17(21)22)18-12(3)7-11(2)8-16(18)19-15/h7-8H,4-6,9-10H2,1-3H3,(H,21,22). The van der Waals surface area contributed by atoms with Crippen LogP contribution in [-0.4, -0.2) is 34.0 Å². The minimum Gasteiger partial charge on any atom is -0.481 e. The van der Waals surface area contributed by atoms with Gasteiger partial charge in [-0.25, -0.2) is 0 Å². The summed E-state index contributed by atoms with van der Waals surface area (Å²) < 4.78 is 0. The van der Waals surface area contributed by atoms with Crippen molar-refractivity contribution in [3.63, 3.8) is 0 Å². The number of carboxylic acid groups (broad SMARTS) is 1. The van der Waals surface area contributed by atoms with Gasteiger partial charge in [0.05, 0.1) is 11.9 Å². The fourth-order valence-electron chi connectivity index (χ4n) is 3.54. The third-order valence-corrected chi connectivity index (χ3v) is 4.55. The molecule has 0 bridgehead atoms. The van der Waals surface area contributed by atoms with Crippen LogP contribution in [0.25, 0.3) is 10.9 Å². The first-order valence-electron chi connectivity index (χ1n) is 7.85. The van der Waals surface area contributed by atoms with Crippen molar-refractivity contribution in [2.24, 2.45) is 0 Å². The van der Waals surface area contributed by atoms with Crippen LogP contribution in [0.15, 0.2) is 12.1 Å². The molecule has 0 unspecified atom stereocenters. The Morgan fingerprint density at radius 2 is 2.14 bits per heavy atom. The Bertz CT molecular complexity index is 753. The maximum absolute atomic E-state index is 11.4. The number of pyridine rings is 1. The number of fused-ring (bicyclic) bond motifs is 2. The summed E-state index contributed by atoms with van der Waals surface area (Å²) in [6.45, 7) is 9.05. The number of likely N-dealkylation sites (N-methyl/N-ethyl adjacent to an activating group) is 1. The van der Waals surface area contributed by atoms with Crippen LogP contribution in [0.2, 0.25) is 0 Å². The number of aromatic nitrogens is 1. The van der Waals surface area contributed by atoms with Crippen molar-refractivity contribution in [3.05, 3.63) is 40.1 Å². The lowest BCUT2D eigenvalue weighted by molar-refractivity contribution is -0.136. The highest BCUT2D eigenvalue weighted by molar-refractivity contribution is 5.90. The molecule has 0 saturated heterocycles. The van der Waals surface area contributed by atoms with Gasteiger partial charge in [-0.2, -0.15) is 0 Å². The molecule has 2 aromatic rings. The van der Waals surface area contributed by atoms with Crippen molar-refractivity contribution in [1.29, 1.82) is 0 Å². The van der Waals surface area contributed by atoms with E-state index in [4.69, 9.17) is 4.98 Å². The van der Waals surface area contributed by atoms with Gasteiger partial charge in [0.1, 0.15) is 0 Å². The van der Waals surface area contributed by atoms with Crippen molar-refractivity contribution in [2.75, 3.05) is 13.1 Å². The Balaban J connectivity index is 2.29. The number of carboxylic acids is 1. The molecule has 0 spiro atoms. The van der Waals surface area contributed by atoms with Crippen LogP contribution in [0.4, 0.5) is 0 Å². The fourth-order valence-corrected chi connectivity index (χ4v) is 3.54. The molecule has 4 nitrogen and oxygen atoms in total. The maximum atomic E-state index is 11.4. The molecule has 0 aliphatic carbocycles. The molecule has 0 radical (unpaired) electrons. The number of aliphatic carboxylic acids is 1. The first-order valence-corrected chi connectivity index (χ1v) is 7.85. The van der Waals surface area contributed by atoms with Crippen molar-refractivity contribution in [3.8, 4) is 0 Å². The zero-order valence-corrected chi connectivity index (χ0v) is 13.4. The molecular weight excluding hydrogens is 276 g/mol. The van der Waals surface area contributed by atoms with Crippen LogP contribution in [0.5, 0.6) is 0 Å². The second-order valence-corrected chi connectivity index (χ2v) is 6.18. The Hall–Kier alpha value is -1.94. The summed E-state index contributed by atoms with van der Waals surface area (Å²) in [5.74, 6) is -0.775. The Morgan fingerprint density at radius 3 is 2.82 bits per heavy atom. The summed E-state index contributed by atoms with van der Waals surface area (Å²) in [4.78, 5) is 18.6. The van der Waals surface area contributed by atoms with Crippen LogP contribution in [0, 0.1) is 13.8 Å². The van der Waals surface area contributed by atoms with E-state index in [2.05, 4.69) is 37.8 Å². The van der Waals surface area contributed by atoms with Crippen LogP contribution in [0.1, 0.15) is 34.9 Å². The third kappa shape index (κ3) is 2.59. The molecule has 0 fully saturated rings. The second-order valence-electron chi connectivity index (χ2n) is 6.18. The molecule has 22 heavy (non-hydrogen) atoms. The lowest BCUT2D eigenvalue weighted by Crippen LogP contribution is -2.32. The molecule has 116 valence electrons. The fraction of sp³-hybridized carbons (Fsp3) is 0.444. The molecule has 1 aromatic carbocycles. The highest BCUT2D eigenvalue weighted by Gasteiger charge is 2.23. The van der Waals surface area contributed by atoms with Crippen LogP contribution < -0.4 is 0 Å². The maximum Gasteiger partial charge on any atom is 0.307 e. The second kappa shape index (κ2) is 5.69. The normalized spacial score (nSPS) is 15.0. The number of rotatable bonds is 3. The smallest absolute Gasteiger partial charge is 0.307 e. The Morgan fingerprint density at radius 1 is 1.36 bits per heavy atom. The van der Waals surface area contributed by atoms with Gasteiger partial charge in [0, 0.05) is 30.6 Å². The highest BCUT2D eigenvalue weighted by atomic mass is 16.4. The zero-order valence-electron chi connectivity index (χ0n) is 13.4. The molecule has 1 aliphatic rings. The summed E-state index contributed by atoms with van der Waals surface area (Å²) in [7, 11) is 0. The number of nitrogens with zero attached hydrogens (tertiary/aromatic N) is 2. The lowest BCUT2D eigenvalue weighted by Gasteiger charge is -2.29. The van der Waals surface area contributed by atoms with Crippen LogP contribution in [0.3, 0.4) is 0 Å². The van der Waals surface area contributed by atoms with Crippen molar-refractivity contribution in [2.45, 2.75) is 40.2 Å². The molecule has 1 aliphatic heterocycles. The molecule has 1 N–H and O–H groups in total. The van der Waals surface area contributed by atoms with Crippen LogP contribution >= 0.6 is 0 Å². The lowest BCUT2D eigenvalue weighted by atomic mass is 9.91. The van der Waals surface area contributed by atoms with Crippen molar-refractivity contribution in [1.82, 2.24) is 9.88 Å². The molecule has 0 amide bonds. The molecule has 2 heterocycles. The third-order valence-electron chi connectivity index (χ3n) is 4.55. The van der Waals surface area contributed by atoms with Gasteiger partial charge in [-0.1, -0.05) is 13.0 Å². The molecule has 0 saturated carbocycles. The largest absolute Gasteiger partial charge is 0.481 e. The quantitative estimate of drug-likeness (QED) is 0.946. The average Bonchev–Trinajstić information content (AvgIpc) is 2.45. The van der Waals surface area contributed by atoms with E-state index >= 15 is 0 Å². The van der Waals surface area contributed by atoms with E-state index in [0.29, 0.717) is 0 Å². The van der Waals surface area contributed by atoms with E-state index < -0.39 is 5.97 Å². The zero-order chi connectivity index (χ0) is 15.9.